The van der Waals surface area contributed by atoms with Crippen molar-refractivity contribution in [1.29, 1.82) is 0 Å². The molecule has 5 heteroatoms. The third kappa shape index (κ3) is 4.35. The highest BCUT2D eigenvalue weighted by Gasteiger charge is 2.20. The van der Waals surface area contributed by atoms with Crippen LogP contribution in [0.15, 0.2) is 48.5 Å². The van der Waals surface area contributed by atoms with Crippen LogP contribution in [0.5, 0.6) is 5.75 Å². The molecule has 0 aliphatic carbocycles. The first-order chi connectivity index (χ1) is 11.5. The number of rotatable bonds is 6. The minimum Gasteiger partial charge on any atom is -0.495 e. The Morgan fingerprint density at radius 3 is 2.38 bits per heavy atom. The Labute approximate surface area is 141 Å². The predicted octanol–water partition coefficient (Wildman–Crippen LogP) is 3.44. The summed E-state index contributed by atoms with van der Waals surface area (Å²) in [7, 11) is 1.52. The number of para-hydroxylation sites is 2. The highest BCUT2D eigenvalue weighted by atomic mass is 16.5. The molecule has 0 aliphatic heterocycles. The average molecular weight is 327 g/mol. The van der Waals surface area contributed by atoms with E-state index in [4.69, 9.17) is 9.47 Å². The van der Waals surface area contributed by atoms with Gasteiger partial charge in [-0.2, -0.15) is 0 Å². The van der Waals surface area contributed by atoms with E-state index in [9.17, 15) is 9.59 Å². The zero-order chi connectivity index (χ0) is 17.5. The summed E-state index contributed by atoms with van der Waals surface area (Å²) in [5, 5.41) is 2.70. The van der Waals surface area contributed by atoms with Gasteiger partial charge in [0.25, 0.3) is 5.91 Å². The number of methoxy groups -OCH3 is 1. The van der Waals surface area contributed by atoms with E-state index >= 15 is 0 Å². The van der Waals surface area contributed by atoms with Crippen molar-refractivity contribution in [3.05, 3.63) is 59.7 Å². The number of hydrogen-bond donors (Lipinski definition) is 1. The van der Waals surface area contributed by atoms with Gasteiger partial charge in [0.2, 0.25) is 0 Å². The van der Waals surface area contributed by atoms with Gasteiger partial charge in [-0.1, -0.05) is 31.2 Å². The fourth-order valence-electron chi connectivity index (χ4n) is 2.14. The van der Waals surface area contributed by atoms with Crippen molar-refractivity contribution >= 4 is 17.6 Å². The lowest BCUT2D eigenvalue weighted by atomic mass is 10.1. The third-order valence-corrected chi connectivity index (χ3v) is 3.62. The lowest BCUT2D eigenvalue weighted by molar-refractivity contribution is -0.123. The number of anilines is 1. The number of esters is 1. The Morgan fingerprint density at radius 1 is 1.08 bits per heavy atom. The number of ether oxygens (including phenoxy) is 2. The summed E-state index contributed by atoms with van der Waals surface area (Å²) in [5.41, 5.74) is 2.08. The minimum atomic E-state index is -0.923. The molecule has 0 spiro atoms. The molecular weight excluding hydrogens is 306 g/mol. The van der Waals surface area contributed by atoms with Crippen molar-refractivity contribution in [3.63, 3.8) is 0 Å². The number of carbonyl (C=O) groups excluding carboxylic acids is 2. The zero-order valence-electron chi connectivity index (χ0n) is 14.0. The molecule has 0 heterocycles. The Hall–Kier alpha value is -2.82. The molecule has 1 amide bonds. The SMILES string of the molecule is CCc1ccc(C(=O)O[C@H](C)C(=O)Nc2ccccc2OC)cc1. The highest BCUT2D eigenvalue weighted by Crippen LogP contribution is 2.23. The molecule has 0 saturated carbocycles. The maximum Gasteiger partial charge on any atom is 0.338 e. The summed E-state index contributed by atoms with van der Waals surface area (Å²) in [6.07, 6.45) is -0.0270. The summed E-state index contributed by atoms with van der Waals surface area (Å²) in [6, 6.07) is 14.2. The molecule has 1 N–H and O–H groups in total. The van der Waals surface area contributed by atoms with Gasteiger partial charge in [0, 0.05) is 0 Å². The summed E-state index contributed by atoms with van der Waals surface area (Å²) >= 11 is 0. The van der Waals surface area contributed by atoms with Crippen molar-refractivity contribution in [2.45, 2.75) is 26.4 Å². The molecule has 1 atom stereocenters. The minimum absolute atomic E-state index is 0.418. The van der Waals surface area contributed by atoms with Crippen LogP contribution in [0.25, 0.3) is 0 Å². The number of benzene rings is 2. The van der Waals surface area contributed by atoms with Crippen molar-refractivity contribution in [2.75, 3.05) is 12.4 Å². The van der Waals surface area contributed by atoms with Gasteiger partial charge in [-0.25, -0.2) is 4.79 Å². The lowest BCUT2D eigenvalue weighted by Crippen LogP contribution is -2.30. The number of nitrogens with one attached hydrogen (secondary N) is 1. The second-order valence-corrected chi connectivity index (χ2v) is 5.29. The molecule has 0 saturated heterocycles. The van der Waals surface area contributed by atoms with Crippen LogP contribution in [0.4, 0.5) is 5.69 Å². The van der Waals surface area contributed by atoms with Crippen LogP contribution in [-0.4, -0.2) is 25.1 Å². The molecule has 126 valence electrons. The van der Waals surface area contributed by atoms with E-state index < -0.39 is 18.0 Å². The smallest absolute Gasteiger partial charge is 0.338 e. The van der Waals surface area contributed by atoms with Gasteiger partial charge in [0.15, 0.2) is 6.10 Å². The van der Waals surface area contributed by atoms with Gasteiger partial charge in [-0.15, -0.1) is 0 Å². The summed E-state index contributed by atoms with van der Waals surface area (Å²) in [4.78, 5) is 24.3. The van der Waals surface area contributed by atoms with Crippen LogP contribution < -0.4 is 10.1 Å². The Kier molecular flexibility index (Phi) is 5.95. The van der Waals surface area contributed by atoms with E-state index in [-0.39, 0.29) is 0 Å². The lowest BCUT2D eigenvalue weighted by Gasteiger charge is -2.15. The molecule has 0 radical (unpaired) electrons. The van der Waals surface area contributed by atoms with Crippen molar-refractivity contribution in [3.8, 4) is 5.75 Å². The molecule has 0 fully saturated rings. The van der Waals surface area contributed by atoms with E-state index in [1.54, 1.807) is 36.4 Å². The topological polar surface area (TPSA) is 64.6 Å². The van der Waals surface area contributed by atoms with Crippen molar-refractivity contribution in [2.24, 2.45) is 0 Å². The van der Waals surface area contributed by atoms with Gasteiger partial charge < -0.3 is 14.8 Å². The number of carbonyl (C=O) groups is 2. The summed E-state index contributed by atoms with van der Waals surface area (Å²) in [6.45, 7) is 3.57. The molecule has 2 rings (SSSR count). The molecule has 0 aromatic heterocycles. The van der Waals surface area contributed by atoms with Crippen LogP contribution in [0.1, 0.15) is 29.8 Å². The van der Waals surface area contributed by atoms with Crippen LogP contribution in [0.2, 0.25) is 0 Å². The van der Waals surface area contributed by atoms with Crippen molar-refractivity contribution in [1.82, 2.24) is 0 Å². The Balaban J connectivity index is 1.98. The van der Waals surface area contributed by atoms with Gasteiger partial charge in [0.1, 0.15) is 5.75 Å². The Bertz CT molecular complexity index is 710. The monoisotopic (exact) mass is 327 g/mol. The molecule has 2 aromatic rings. The fraction of sp³-hybridized carbons (Fsp3) is 0.263. The summed E-state index contributed by atoms with van der Waals surface area (Å²) in [5.74, 6) is -0.405. The number of hydrogen-bond acceptors (Lipinski definition) is 4. The van der Waals surface area contributed by atoms with Gasteiger partial charge in [0.05, 0.1) is 18.4 Å². The van der Waals surface area contributed by atoms with Gasteiger partial charge in [-0.05, 0) is 43.2 Å². The van der Waals surface area contributed by atoms with E-state index in [1.165, 1.54) is 14.0 Å². The van der Waals surface area contributed by atoms with Crippen LogP contribution in [0, 0.1) is 0 Å². The highest BCUT2D eigenvalue weighted by molar-refractivity contribution is 5.98. The van der Waals surface area contributed by atoms with E-state index in [1.807, 2.05) is 19.1 Å². The normalized spacial score (nSPS) is 11.5. The zero-order valence-corrected chi connectivity index (χ0v) is 14.0. The molecule has 24 heavy (non-hydrogen) atoms. The molecular formula is C19H21NO4. The largest absolute Gasteiger partial charge is 0.495 e. The number of aryl methyl sites for hydroxylation is 1. The second kappa shape index (κ2) is 8.15. The van der Waals surface area contributed by atoms with Crippen LogP contribution in [0.3, 0.4) is 0 Å². The summed E-state index contributed by atoms with van der Waals surface area (Å²) < 4.78 is 10.4. The Morgan fingerprint density at radius 2 is 1.75 bits per heavy atom. The van der Waals surface area contributed by atoms with E-state index in [0.717, 1.165) is 12.0 Å². The molecule has 0 unspecified atom stereocenters. The van der Waals surface area contributed by atoms with Gasteiger partial charge >= 0.3 is 5.97 Å². The average Bonchev–Trinajstić information content (AvgIpc) is 2.62. The maximum atomic E-state index is 12.2. The molecule has 2 aromatic carbocycles. The van der Waals surface area contributed by atoms with E-state index in [2.05, 4.69) is 5.32 Å². The third-order valence-electron chi connectivity index (χ3n) is 3.62. The molecule has 0 aliphatic rings. The number of amides is 1. The van der Waals surface area contributed by atoms with Crippen LogP contribution in [-0.2, 0) is 16.0 Å². The first kappa shape index (κ1) is 17.5. The standard InChI is InChI=1S/C19H21NO4/c1-4-14-9-11-15(12-10-14)19(22)24-13(2)18(21)20-16-7-5-6-8-17(16)23-3/h5-13H,4H2,1-3H3,(H,20,21)/t13-/m1/s1. The quantitative estimate of drug-likeness (QED) is 0.826. The fourth-order valence-corrected chi connectivity index (χ4v) is 2.14. The van der Waals surface area contributed by atoms with Crippen molar-refractivity contribution < 1.29 is 19.1 Å². The van der Waals surface area contributed by atoms with Gasteiger partial charge in [-0.3, -0.25) is 4.79 Å². The first-order valence-electron chi connectivity index (χ1n) is 7.79. The van der Waals surface area contributed by atoms with Crippen LogP contribution >= 0.6 is 0 Å². The first-order valence-corrected chi connectivity index (χ1v) is 7.79. The maximum absolute atomic E-state index is 12.2. The second-order valence-electron chi connectivity index (χ2n) is 5.29. The van der Waals surface area contributed by atoms with E-state index in [0.29, 0.717) is 17.0 Å². The molecule has 0 bridgehead atoms. The molecule has 5 nitrogen and oxygen atoms in total. The predicted molar refractivity (Wildman–Crippen MR) is 92.3 cm³/mol.